The molecule has 1 aromatic heterocycles. The van der Waals surface area contributed by atoms with E-state index in [2.05, 4.69) is 12.0 Å². The summed E-state index contributed by atoms with van der Waals surface area (Å²) in [5.41, 5.74) is 9.77. The summed E-state index contributed by atoms with van der Waals surface area (Å²) in [6.45, 7) is 6.44. The van der Waals surface area contributed by atoms with Gasteiger partial charge in [0.25, 0.3) is 5.56 Å². The molecule has 2 rings (SSSR count). The summed E-state index contributed by atoms with van der Waals surface area (Å²) in [7, 11) is 0. The minimum atomic E-state index is -0.243. The Hall–Kier alpha value is -2.01. The van der Waals surface area contributed by atoms with Crippen LogP contribution in [0.5, 0.6) is 0 Å². The second kappa shape index (κ2) is 5.54. The lowest BCUT2D eigenvalue weighted by Gasteiger charge is -2.10. The molecule has 20 heavy (non-hydrogen) atoms. The van der Waals surface area contributed by atoms with Gasteiger partial charge < -0.3 is 5.73 Å². The third-order valence-corrected chi connectivity index (χ3v) is 3.56. The van der Waals surface area contributed by atoms with Crippen LogP contribution in [0.1, 0.15) is 23.6 Å². The van der Waals surface area contributed by atoms with E-state index in [-0.39, 0.29) is 10.5 Å². The van der Waals surface area contributed by atoms with Crippen LogP contribution in [0.3, 0.4) is 0 Å². The van der Waals surface area contributed by atoms with E-state index in [0.29, 0.717) is 17.8 Å². The molecule has 0 aliphatic heterocycles. The highest BCUT2D eigenvalue weighted by atomic mass is 32.1. The van der Waals surface area contributed by atoms with Gasteiger partial charge in [0.1, 0.15) is 4.99 Å². The maximum atomic E-state index is 12.1. The quantitative estimate of drug-likeness (QED) is 0.879. The molecule has 0 radical (unpaired) electrons. The van der Waals surface area contributed by atoms with Crippen molar-refractivity contribution in [2.75, 3.05) is 0 Å². The second-order valence-electron chi connectivity index (χ2n) is 4.73. The predicted molar refractivity (Wildman–Crippen MR) is 85.0 cm³/mol. The molecule has 104 valence electrons. The van der Waals surface area contributed by atoms with Gasteiger partial charge in [0.05, 0.1) is 11.3 Å². The van der Waals surface area contributed by atoms with Crippen molar-refractivity contribution in [2.24, 2.45) is 5.73 Å². The summed E-state index contributed by atoms with van der Waals surface area (Å²) in [6.07, 6.45) is 0. The van der Waals surface area contributed by atoms with Gasteiger partial charge in [-0.3, -0.25) is 4.79 Å². The number of thiocarbonyl (C=S) groups is 1. The molecule has 5 heteroatoms. The fourth-order valence-electron chi connectivity index (χ4n) is 1.97. The van der Waals surface area contributed by atoms with Gasteiger partial charge in [-0.25, -0.2) is 4.68 Å². The van der Waals surface area contributed by atoms with Gasteiger partial charge in [-0.15, -0.1) is 0 Å². The topological polar surface area (TPSA) is 60.9 Å². The van der Waals surface area contributed by atoms with Crippen LogP contribution in [0.15, 0.2) is 29.1 Å². The summed E-state index contributed by atoms with van der Waals surface area (Å²) in [4.78, 5) is 12.2. The van der Waals surface area contributed by atoms with E-state index in [9.17, 15) is 4.79 Å². The standard InChI is InChI=1S/C15H17N3OS/c1-4-18-15(19)12(14(16)20)8-13(17-18)11-6-5-9(2)10(3)7-11/h5-8H,4H2,1-3H3,(H2,16,20). The third kappa shape index (κ3) is 2.63. The van der Waals surface area contributed by atoms with Crippen LogP contribution in [-0.4, -0.2) is 14.8 Å². The SMILES string of the molecule is CCn1nc(-c2ccc(C)c(C)c2)cc(C(N)=S)c1=O. The minimum absolute atomic E-state index is 0.102. The van der Waals surface area contributed by atoms with Crippen molar-refractivity contribution in [1.29, 1.82) is 0 Å². The van der Waals surface area contributed by atoms with Crippen molar-refractivity contribution in [1.82, 2.24) is 9.78 Å². The monoisotopic (exact) mass is 287 g/mol. The summed E-state index contributed by atoms with van der Waals surface area (Å²) < 4.78 is 1.39. The predicted octanol–water partition coefficient (Wildman–Crippen LogP) is 2.18. The van der Waals surface area contributed by atoms with Crippen LogP contribution in [-0.2, 0) is 6.54 Å². The number of hydrogen-bond donors (Lipinski definition) is 1. The summed E-state index contributed by atoms with van der Waals surface area (Å²) >= 11 is 4.95. The van der Waals surface area contributed by atoms with E-state index in [1.54, 1.807) is 6.07 Å². The summed E-state index contributed by atoms with van der Waals surface area (Å²) in [5, 5.41) is 4.36. The molecular weight excluding hydrogens is 270 g/mol. The van der Waals surface area contributed by atoms with Crippen molar-refractivity contribution in [3.8, 4) is 11.3 Å². The normalized spacial score (nSPS) is 10.6. The number of hydrogen-bond acceptors (Lipinski definition) is 3. The highest BCUT2D eigenvalue weighted by Gasteiger charge is 2.11. The summed E-state index contributed by atoms with van der Waals surface area (Å²) in [6, 6.07) is 7.74. The Morgan fingerprint density at radius 1 is 1.30 bits per heavy atom. The maximum Gasteiger partial charge on any atom is 0.277 e. The van der Waals surface area contributed by atoms with E-state index >= 15 is 0 Å². The van der Waals surface area contributed by atoms with Gasteiger partial charge in [0.2, 0.25) is 0 Å². The molecule has 1 heterocycles. The molecule has 0 bridgehead atoms. The number of aromatic nitrogens is 2. The molecule has 0 spiro atoms. The Morgan fingerprint density at radius 2 is 2.00 bits per heavy atom. The first-order valence-corrected chi connectivity index (χ1v) is 6.84. The lowest BCUT2D eigenvalue weighted by Crippen LogP contribution is -2.30. The zero-order chi connectivity index (χ0) is 14.9. The molecular formula is C15H17N3OS. The van der Waals surface area contributed by atoms with Crippen molar-refractivity contribution >= 4 is 17.2 Å². The Labute approximate surface area is 123 Å². The van der Waals surface area contributed by atoms with Crippen LogP contribution in [0.25, 0.3) is 11.3 Å². The molecule has 0 saturated heterocycles. The van der Waals surface area contributed by atoms with Crippen LogP contribution >= 0.6 is 12.2 Å². The molecule has 1 aromatic carbocycles. The molecule has 0 atom stereocenters. The van der Waals surface area contributed by atoms with Gasteiger partial charge in [-0.05, 0) is 44.0 Å². The lowest BCUT2D eigenvalue weighted by molar-refractivity contribution is 0.618. The molecule has 0 aliphatic carbocycles. The highest BCUT2D eigenvalue weighted by Crippen LogP contribution is 2.20. The molecule has 0 aliphatic rings. The molecule has 0 amide bonds. The van der Waals surface area contributed by atoms with Crippen LogP contribution in [0.4, 0.5) is 0 Å². The van der Waals surface area contributed by atoms with Crippen molar-refractivity contribution in [3.63, 3.8) is 0 Å². The maximum absolute atomic E-state index is 12.1. The first-order chi connectivity index (χ1) is 9.43. The number of aryl methyl sites for hydroxylation is 3. The lowest BCUT2D eigenvalue weighted by atomic mass is 10.0. The average molecular weight is 287 g/mol. The largest absolute Gasteiger partial charge is 0.389 e. The number of nitrogens with two attached hydrogens (primary N) is 1. The van der Waals surface area contributed by atoms with Crippen LogP contribution in [0, 0.1) is 13.8 Å². The zero-order valence-electron chi connectivity index (χ0n) is 11.8. The summed E-state index contributed by atoms with van der Waals surface area (Å²) in [5.74, 6) is 0. The van der Waals surface area contributed by atoms with Crippen molar-refractivity contribution in [3.05, 3.63) is 51.3 Å². The highest BCUT2D eigenvalue weighted by molar-refractivity contribution is 7.80. The molecule has 0 fully saturated rings. The number of benzene rings is 1. The van der Waals surface area contributed by atoms with Crippen LogP contribution < -0.4 is 11.3 Å². The Bertz CT molecular complexity index is 734. The van der Waals surface area contributed by atoms with Gasteiger partial charge in [-0.2, -0.15) is 5.10 Å². The Morgan fingerprint density at radius 3 is 2.55 bits per heavy atom. The number of nitrogens with zero attached hydrogens (tertiary/aromatic N) is 2. The first-order valence-electron chi connectivity index (χ1n) is 6.43. The fraction of sp³-hybridized carbons (Fsp3) is 0.267. The van der Waals surface area contributed by atoms with E-state index < -0.39 is 0 Å². The molecule has 4 nitrogen and oxygen atoms in total. The third-order valence-electron chi connectivity index (χ3n) is 3.34. The molecule has 0 saturated carbocycles. The Balaban J connectivity index is 2.68. The smallest absolute Gasteiger partial charge is 0.277 e. The Kier molecular flexibility index (Phi) is 3.99. The van der Waals surface area contributed by atoms with Crippen molar-refractivity contribution < 1.29 is 0 Å². The fourth-order valence-corrected chi connectivity index (χ4v) is 2.12. The van der Waals surface area contributed by atoms with Gasteiger partial charge in [0, 0.05) is 12.1 Å². The second-order valence-corrected chi connectivity index (χ2v) is 5.17. The van der Waals surface area contributed by atoms with E-state index in [1.165, 1.54) is 15.8 Å². The zero-order valence-corrected chi connectivity index (χ0v) is 12.6. The molecule has 0 unspecified atom stereocenters. The number of rotatable bonds is 3. The first kappa shape index (κ1) is 14.4. The van der Waals surface area contributed by atoms with E-state index in [1.807, 2.05) is 32.0 Å². The van der Waals surface area contributed by atoms with E-state index in [4.69, 9.17) is 18.0 Å². The van der Waals surface area contributed by atoms with Crippen LogP contribution in [0.2, 0.25) is 0 Å². The van der Waals surface area contributed by atoms with Gasteiger partial charge in [0.15, 0.2) is 0 Å². The average Bonchev–Trinajstić information content (AvgIpc) is 2.42. The van der Waals surface area contributed by atoms with Gasteiger partial charge in [-0.1, -0.05) is 24.4 Å². The van der Waals surface area contributed by atoms with Gasteiger partial charge >= 0.3 is 0 Å². The molecule has 2 N–H and O–H groups in total. The van der Waals surface area contributed by atoms with E-state index in [0.717, 1.165) is 5.56 Å². The molecule has 2 aromatic rings. The van der Waals surface area contributed by atoms with Crippen molar-refractivity contribution in [2.45, 2.75) is 27.3 Å². The minimum Gasteiger partial charge on any atom is -0.389 e.